The van der Waals surface area contributed by atoms with Crippen LogP contribution in [0.5, 0.6) is 5.75 Å². The fourth-order valence-corrected chi connectivity index (χ4v) is 1.51. The molecule has 0 saturated carbocycles. The van der Waals surface area contributed by atoms with Gasteiger partial charge in [0, 0.05) is 18.4 Å². The molecule has 2 N–H and O–H groups in total. The molecule has 0 bridgehead atoms. The van der Waals surface area contributed by atoms with Crippen LogP contribution in [-0.2, 0) is 11.2 Å². The van der Waals surface area contributed by atoms with Crippen LogP contribution in [0, 0.1) is 0 Å². The molecule has 1 aromatic heterocycles. The quantitative estimate of drug-likeness (QED) is 0.838. The first-order valence-corrected chi connectivity index (χ1v) is 5.49. The zero-order chi connectivity index (χ0) is 13.0. The van der Waals surface area contributed by atoms with E-state index in [9.17, 15) is 9.90 Å². The topological polar surface area (TPSA) is 96.5 Å². The first-order chi connectivity index (χ1) is 8.65. The van der Waals surface area contributed by atoms with Gasteiger partial charge in [-0.25, -0.2) is 0 Å². The zero-order valence-electron chi connectivity index (χ0n) is 9.54. The number of aromatic hydroxyl groups is 1. The highest BCUT2D eigenvalue weighted by molar-refractivity contribution is 5.66. The van der Waals surface area contributed by atoms with Gasteiger partial charge in [-0.15, -0.1) is 0 Å². The van der Waals surface area contributed by atoms with E-state index in [1.807, 2.05) is 0 Å². The SMILES string of the molecule is O=C(O)CCCc1nc(-c2cccc(O)c2)no1. The van der Waals surface area contributed by atoms with Crippen molar-refractivity contribution in [3.63, 3.8) is 0 Å². The Morgan fingerprint density at radius 1 is 1.39 bits per heavy atom. The van der Waals surface area contributed by atoms with Crippen LogP contribution in [0.1, 0.15) is 18.7 Å². The number of hydrogen-bond acceptors (Lipinski definition) is 5. The summed E-state index contributed by atoms with van der Waals surface area (Å²) in [5, 5.41) is 21.6. The van der Waals surface area contributed by atoms with Gasteiger partial charge in [0.1, 0.15) is 5.75 Å². The van der Waals surface area contributed by atoms with Gasteiger partial charge < -0.3 is 14.7 Å². The summed E-state index contributed by atoms with van der Waals surface area (Å²) in [6.07, 6.45) is 0.957. The van der Waals surface area contributed by atoms with E-state index in [4.69, 9.17) is 9.63 Å². The predicted molar refractivity (Wildman–Crippen MR) is 62.0 cm³/mol. The molecular formula is C12H12N2O4. The van der Waals surface area contributed by atoms with Crippen LogP contribution in [0.3, 0.4) is 0 Å². The number of rotatable bonds is 5. The van der Waals surface area contributed by atoms with E-state index in [0.29, 0.717) is 30.1 Å². The number of nitrogens with zero attached hydrogens (tertiary/aromatic N) is 2. The lowest BCUT2D eigenvalue weighted by molar-refractivity contribution is -0.137. The maximum absolute atomic E-state index is 10.4. The van der Waals surface area contributed by atoms with Gasteiger partial charge in [0.25, 0.3) is 0 Å². The van der Waals surface area contributed by atoms with Gasteiger partial charge in [-0.1, -0.05) is 17.3 Å². The summed E-state index contributed by atoms with van der Waals surface area (Å²) in [6, 6.07) is 6.53. The Bertz CT molecular complexity index is 551. The highest BCUT2D eigenvalue weighted by Crippen LogP contribution is 2.20. The third-order valence-corrected chi connectivity index (χ3v) is 2.35. The summed E-state index contributed by atoms with van der Waals surface area (Å²) in [5.41, 5.74) is 0.656. The number of aliphatic carboxylic acids is 1. The fraction of sp³-hybridized carbons (Fsp3) is 0.250. The average molecular weight is 248 g/mol. The van der Waals surface area contributed by atoms with Crippen molar-refractivity contribution in [3.8, 4) is 17.1 Å². The molecule has 6 nitrogen and oxygen atoms in total. The van der Waals surface area contributed by atoms with Gasteiger partial charge in [0.05, 0.1) is 0 Å². The first-order valence-electron chi connectivity index (χ1n) is 5.49. The number of phenolic OH excluding ortho intramolecular Hbond substituents is 1. The lowest BCUT2D eigenvalue weighted by Crippen LogP contribution is -1.95. The number of aryl methyl sites for hydroxylation is 1. The summed E-state index contributed by atoms with van der Waals surface area (Å²) in [7, 11) is 0. The lowest BCUT2D eigenvalue weighted by atomic mass is 10.2. The molecule has 0 aliphatic heterocycles. The van der Waals surface area contributed by atoms with Crippen LogP contribution in [0.4, 0.5) is 0 Å². The summed E-state index contributed by atoms with van der Waals surface area (Å²) >= 11 is 0. The minimum Gasteiger partial charge on any atom is -0.508 e. The Balaban J connectivity index is 2.04. The second kappa shape index (κ2) is 5.31. The van der Waals surface area contributed by atoms with Gasteiger partial charge in [0.2, 0.25) is 11.7 Å². The molecule has 1 heterocycles. The molecular weight excluding hydrogens is 236 g/mol. The van der Waals surface area contributed by atoms with Gasteiger partial charge in [-0.3, -0.25) is 4.79 Å². The summed E-state index contributed by atoms with van der Waals surface area (Å²) < 4.78 is 5.01. The molecule has 0 radical (unpaired) electrons. The van der Waals surface area contributed by atoms with Gasteiger partial charge in [0.15, 0.2) is 0 Å². The summed E-state index contributed by atoms with van der Waals surface area (Å²) in [6.45, 7) is 0. The molecule has 0 aliphatic carbocycles. The number of carboxylic acids is 1. The van der Waals surface area contributed by atoms with E-state index in [2.05, 4.69) is 10.1 Å². The Labute approximate surface area is 103 Å². The maximum atomic E-state index is 10.4. The van der Waals surface area contributed by atoms with E-state index in [0.717, 1.165) is 0 Å². The third-order valence-electron chi connectivity index (χ3n) is 2.35. The standard InChI is InChI=1S/C12H12N2O4/c15-9-4-1-3-8(7-9)12-13-10(18-14-12)5-2-6-11(16)17/h1,3-4,7,15H,2,5-6H2,(H,16,17). The van der Waals surface area contributed by atoms with Crippen molar-refractivity contribution in [1.29, 1.82) is 0 Å². The average Bonchev–Trinajstić information content (AvgIpc) is 2.77. The van der Waals surface area contributed by atoms with Crippen molar-refractivity contribution in [2.75, 3.05) is 0 Å². The van der Waals surface area contributed by atoms with Crippen molar-refractivity contribution in [2.24, 2.45) is 0 Å². The van der Waals surface area contributed by atoms with Gasteiger partial charge in [-0.2, -0.15) is 4.98 Å². The normalized spacial score (nSPS) is 10.4. The molecule has 6 heteroatoms. The van der Waals surface area contributed by atoms with Crippen LogP contribution >= 0.6 is 0 Å². The molecule has 2 aromatic rings. The molecule has 2 rings (SSSR count). The maximum Gasteiger partial charge on any atom is 0.303 e. The second-order valence-electron chi connectivity index (χ2n) is 3.81. The first kappa shape index (κ1) is 12.1. The molecule has 0 amide bonds. The van der Waals surface area contributed by atoms with E-state index in [-0.39, 0.29) is 12.2 Å². The van der Waals surface area contributed by atoms with Gasteiger partial charge >= 0.3 is 5.97 Å². The van der Waals surface area contributed by atoms with Crippen molar-refractivity contribution in [2.45, 2.75) is 19.3 Å². The minimum atomic E-state index is -0.845. The Kier molecular flexibility index (Phi) is 3.57. The Morgan fingerprint density at radius 2 is 2.22 bits per heavy atom. The molecule has 0 atom stereocenters. The molecule has 1 aromatic carbocycles. The molecule has 0 fully saturated rings. The van der Waals surface area contributed by atoms with Crippen molar-refractivity contribution in [3.05, 3.63) is 30.2 Å². The number of phenols is 1. The van der Waals surface area contributed by atoms with Crippen LogP contribution in [0.15, 0.2) is 28.8 Å². The zero-order valence-corrected chi connectivity index (χ0v) is 9.54. The lowest BCUT2D eigenvalue weighted by Gasteiger charge is -1.94. The van der Waals surface area contributed by atoms with Crippen molar-refractivity contribution in [1.82, 2.24) is 10.1 Å². The predicted octanol–water partition coefficient (Wildman–Crippen LogP) is 1.85. The van der Waals surface area contributed by atoms with Crippen LogP contribution in [0.2, 0.25) is 0 Å². The van der Waals surface area contributed by atoms with E-state index < -0.39 is 5.97 Å². The molecule has 0 saturated heterocycles. The smallest absolute Gasteiger partial charge is 0.303 e. The summed E-state index contributed by atoms with van der Waals surface area (Å²) in [5.74, 6) is 0.0678. The van der Waals surface area contributed by atoms with Crippen LogP contribution in [0.25, 0.3) is 11.4 Å². The number of carboxylic acid groups (broad SMARTS) is 1. The third kappa shape index (κ3) is 3.07. The van der Waals surface area contributed by atoms with E-state index >= 15 is 0 Å². The highest BCUT2D eigenvalue weighted by Gasteiger charge is 2.09. The van der Waals surface area contributed by atoms with E-state index in [1.54, 1.807) is 18.2 Å². The number of aromatic nitrogens is 2. The highest BCUT2D eigenvalue weighted by atomic mass is 16.5. The summed E-state index contributed by atoms with van der Waals surface area (Å²) in [4.78, 5) is 14.5. The number of hydrogen-bond donors (Lipinski definition) is 2. The van der Waals surface area contributed by atoms with Crippen molar-refractivity contribution >= 4 is 5.97 Å². The minimum absolute atomic E-state index is 0.0733. The number of benzene rings is 1. The largest absolute Gasteiger partial charge is 0.508 e. The molecule has 94 valence electrons. The molecule has 0 aliphatic rings. The Morgan fingerprint density at radius 3 is 2.94 bits per heavy atom. The van der Waals surface area contributed by atoms with E-state index in [1.165, 1.54) is 6.07 Å². The second-order valence-corrected chi connectivity index (χ2v) is 3.81. The number of carbonyl (C=O) groups is 1. The van der Waals surface area contributed by atoms with Gasteiger partial charge in [-0.05, 0) is 18.6 Å². The molecule has 18 heavy (non-hydrogen) atoms. The fourth-order valence-electron chi connectivity index (χ4n) is 1.51. The monoisotopic (exact) mass is 248 g/mol. The molecule has 0 unspecified atom stereocenters. The van der Waals surface area contributed by atoms with Crippen LogP contribution < -0.4 is 0 Å². The van der Waals surface area contributed by atoms with Crippen LogP contribution in [-0.4, -0.2) is 26.3 Å². The molecule has 0 spiro atoms. The van der Waals surface area contributed by atoms with Crippen molar-refractivity contribution < 1.29 is 19.5 Å². The Hall–Kier alpha value is -2.37.